The van der Waals surface area contributed by atoms with Gasteiger partial charge in [0.25, 0.3) is 0 Å². The van der Waals surface area contributed by atoms with Crippen LogP contribution in [0, 0.1) is 13.8 Å². The summed E-state index contributed by atoms with van der Waals surface area (Å²) in [5.74, 6) is 2.62. The first kappa shape index (κ1) is 22.7. The number of carbonyl (C=O) groups is 1. The summed E-state index contributed by atoms with van der Waals surface area (Å²) in [5, 5.41) is 16.7. The molecule has 1 fully saturated rings. The Morgan fingerprint density at radius 3 is 2.78 bits per heavy atom. The highest BCUT2D eigenvalue weighted by molar-refractivity contribution is 7.99. The van der Waals surface area contributed by atoms with Gasteiger partial charge in [-0.3, -0.25) is 9.36 Å². The smallest absolute Gasteiger partial charge is 0.236 e. The number of thioether (sulfide) groups is 1. The summed E-state index contributed by atoms with van der Waals surface area (Å²) in [4.78, 5) is 12.4. The summed E-state index contributed by atoms with van der Waals surface area (Å²) in [5.41, 5.74) is 0.968. The summed E-state index contributed by atoms with van der Waals surface area (Å²) >= 11 is 7.42. The Morgan fingerprint density at radius 2 is 2.06 bits per heavy atom. The fraction of sp³-hybridized carbons (Fsp3) is 0.455. The highest BCUT2D eigenvalue weighted by atomic mass is 35.5. The van der Waals surface area contributed by atoms with E-state index in [-0.39, 0.29) is 11.7 Å². The Bertz CT molecular complexity index is 1080. The number of nitrogens with one attached hydrogen (secondary N) is 1. The maximum atomic E-state index is 12.4. The van der Waals surface area contributed by atoms with Crippen molar-refractivity contribution in [2.45, 2.75) is 63.8 Å². The number of aryl methyl sites for hydroxylation is 2. The van der Waals surface area contributed by atoms with Crippen molar-refractivity contribution in [3.8, 4) is 5.75 Å². The second-order valence-electron chi connectivity index (χ2n) is 7.92. The normalized spacial score (nSPS) is 14.5. The lowest BCUT2D eigenvalue weighted by Crippen LogP contribution is -2.19. The van der Waals surface area contributed by atoms with Crippen molar-refractivity contribution in [2.75, 3.05) is 11.1 Å². The number of halogens is 1. The Morgan fingerprint density at radius 1 is 1.25 bits per heavy atom. The second-order valence-corrected chi connectivity index (χ2v) is 9.30. The van der Waals surface area contributed by atoms with E-state index in [9.17, 15) is 4.79 Å². The van der Waals surface area contributed by atoms with Gasteiger partial charge in [-0.25, -0.2) is 0 Å². The van der Waals surface area contributed by atoms with E-state index < -0.39 is 0 Å². The van der Waals surface area contributed by atoms with Gasteiger partial charge in [-0.1, -0.05) is 47.8 Å². The third-order valence-corrected chi connectivity index (χ3v) is 6.57. The number of rotatable bonds is 8. The van der Waals surface area contributed by atoms with Gasteiger partial charge < -0.3 is 14.6 Å². The molecule has 0 unspecified atom stereocenters. The zero-order chi connectivity index (χ0) is 22.5. The molecule has 170 valence electrons. The minimum absolute atomic E-state index is 0.170. The van der Waals surface area contributed by atoms with E-state index in [0.717, 1.165) is 35.1 Å². The Hall–Kier alpha value is -2.52. The molecule has 2 aromatic heterocycles. The molecule has 0 spiro atoms. The molecule has 3 aromatic rings. The van der Waals surface area contributed by atoms with Crippen molar-refractivity contribution in [1.29, 1.82) is 0 Å². The molecule has 1 N–H and O–H groups in total. The predicted octanol–water partition coefficient (Wildman–Crippen LogP) is 5.35. The molecule has 2 heterocycles. The van der Waals surface area contributed by atoms with Crippen molar-refractivity contribution < 1.29 is 14.1 Å². The van der Waals surface area contributed by atoms with E-state index in [1.165, 1.54) is 31.0 Å². The molecule has 0 aliphatic heterocycles. The number of hydrogen-bond acceptors (Lipinski definition) is 7. The van der Waals surface area contributed by atoms with Gasteiger partial charge in [-0.05, 0) is 50.5 Å². The maximum absolute atomic E-state index is 12.4. The molecule has 0 saturated heterocycles. The van der Waals surface area contributed by atoms with Crippen LogP contribution in [0.5, 0.6) is 5.75 Å². The van der Waals surface area contributed by atoms with Crippen molar-refractivity contribution in [3.63, 3.8) is 0 Å². The molecule has 10 heteroatoms. The van der Waals surface area contributed by atoms with E-state index >= 15 is 0 Å². The van der Waals surface area contributed by atoms with Crippen LogP contribution in [0.2, 0.25) is 5.02 Å². The first-order valence-electron chi connectivity index (χ1n) is 10.7. The van der Waals surface area contributed by atoms with E-state index in [1.807, 2.05) is 25.1 Å². The number of aromatic nitrogens is 4. The van der Waals surface area contributed by atoms with Gasteiger partial charge in [-0.2, -0.15) is 0 Å². The maximum Gasteiger partial charge on any atom is 0.236 e. The van der Waals surface area contributed by atoms with Crippen LogP contribution in [-0.2, 0) is 11.4 Å². The Balaban J connectivity index is 1.46. The lowest BCUT2D eigenvalue weighted by atomic mass is 9.95. The number of benzene rings is 1. The number of ether oxygens (including phenoxy) is 1. The van der Waals surface area contributed by atoms with Crippen LogP contribution >= 0.6 is 23.4 Å². The molecule has 0 radical (unpaired) electrons. The monoisotopic (exact) mass is 475 g/mol. The molecule has 1 amide bonds. The van der Waals surface area contributed by atoms with E-state index in [2.05, 4.69) is 25.2 Å². The highest BCUT2D eigenvalue weighted by Gasteiger charge is 2.24. The third kappa shape index (κ3) is 5.63. The van der Waals surface area contributed by atoms with Gasteiger partial charge in [-0.15, -0.1) is 10.2 Å². The van der Waals surface area contributed by atoms with Crippen molar-refractivity contribution in [3.05, 3.63) is 46.4 Å². The minimum Gasteiger partial charge on any atom is -0.485 e. The van der Waals surface area contributed by atoms with Crippen LogP contribution in [0.1, 0.15) is 55.3 Å². The largest absolute Gasteiger partial charge is 0.485 e. The van der Waals surface area contributed by atoms with Crippen LogP contribution in [0.4, 0.5) is 5.82 Å². The van der Waals surface area contributed by atoms with Gasteiger partial charge in [0.1, 0.15) is 18.1 Å². The molecule has 1 aliphatic rings. The number of hydrogen-bond donors (Lipinski definition) is 1. The van der Waals surface area contributed by atoms with E-state index in [1.54, 1.807) is 13.0 Å². The Labute approximate surface area is 196 Å². The first-order valence-corrected chi connectivity index (χ1v) is 12.0. The Kier molecular flexibility index (Phi) is 7.36. The predicted molar refractivity (Wildman–Crippen MR) is 123 cm³/mol. The second kappa shape index (κ2) is 10.4. The topological polar surface area (TPSA) is 95.1 Å². The van der Waals surface area contributed by atoms with Crippen molar-refractivity contribution in [1.82, 2.24) is 19.9 Å². The molecule has 0 bridgehead atoms. The van der Waals surface area contributed by atoms with Gasteiger partial charge in [0, 0.05) is 17.1 Å². The van der Waals surface area contributed by atoms with Gasteiger partial charge >= 0.3 is 0 Å². The SMILES string of the molecule is Cc1cc(NC(=O)CSc2nnc(COc3ccc(Cl)cc3C)n2C2CCCCC2)no1. The fourth-order valence-corrected chi connectivity index (χ4v) is 4.91. The summed E-state index contributed by atoms with van der Waals surface area (Å²) in [6.45, 7) is 4.04. The highest BCUT2D eigenvalue weighted by Crippen LogP contribution is 2.33. The molecular formula is C22H26ClN5O3S. The third-order valence-electron chi connectivity index (χ3n) is 5.40. The molecule has 1 aromatic carbocycles. The molecular weight excluding hydrogens is 450 g/mol. The quantitative estimate of drug-likeness (QED) is 0.438. The lowest BCUT2D eigenvalue weighted by molar-refractivity contribution is -0.113. The number of nitrogens with zero attached hydrogens (tertiary/aromatic N) is 4. The van der Waals surface area contributed by atoms with E-state index in [0.29, 0.717) is 29.2 Å². The van der Waals surface area contributed by atoms with E-state index in [4.69, 9.17) is 20.9 Å². The molecule has 8 nitrogen and oxygen atoms in total. The number of anilines is 1. The van der Waals surface area contributed by atoms with Crippen LogP contribution in [0.3, 0.4) is 0 Å². The molecule has 32 heavy (non-hydrogen) atoms. The molecule has 4 rings (SSSR count). The molecule has 0 atom stereocenters. The summed E-state index contributed by atoms with van der Waals surface area (Å²) < 4.78 is 13.2. The van der Waals surface area contributed by atoms with Crippen LogP contribution in [-0.4, -0.2) is 31.6 Å². The molecule has 1 aliphatic carbocycles. The molecule has 1 saturated carbocycles. The average Bonchev–Trinajstić information content (AvgIpc) is 3.38. The zero-order valence-electron chi connectivity index (χ0n) is 18.1. The van der Waals surface area contributed by atoms with Crippen molar-refractivity contribution >= 4 is 35.1 Å². The number of amides is 1. The van der Waals surface area contributed by atoms with Gasteiger partial charge in [0.15, 0.2) is 16.8 Å². The standard InChI is InChI=1S/C22H26ClN5O3S/c1-14-10-16(23)8-9-18(14)30-12-20-25-26-22(28(20)17-6-4-3-5-7-17)32-13-21(29)24-19-11-15(2)31-27-19/h8-11,17H,3-7,12-13H2,1-2H3,(H,24,27,29). The van der Waals surface area contributed by atoms with Gasteiger partial charge in [0.2, 0.25) is 5.91 Å². The lowest BCUT2D eigenvalue weighted by Gasteiger charge is -2.25. The summed E-state index contributed by atoms with van der Waals surface area (Å²) in [7, 11) is 0. The summed E-state index contributed by atoms with van der Waals surface area (Å²) in [6.07, 6.45) is 5.74. The number of carbonyl (C=O) groups excluding carboxylic acids is 1. The van der Waals surface area contributed by atoms with Crippen molar-refractivity contribution in [2.24, 2.45) is 0 Å². The average molecular weight is 476 g/mol. The summed E-state index contributed by atoms with van der Waals surface area (Å²) in [6, 6.07) is 7.55. The first-order chi connectivity index (χ1) is 15.5. The fourth-order valence-electron chi connectivity index (χ4n) is 3.86. The van der Waals surface area contributed by atoms with Crippen LogP contribution in [0.25, 0.3) is 0 Å². The minimum atomic E-state index is -0.170. The van der Waals surface area contributed by atoms with Crippen LogP contribution < -0.4 is 10.1 Å². The van der Waals surface area contributed by atoms with Gasteiger partial charge in [0.05, 0.1) is 5.75 Å². The zero-order valence-corrected chi connectivity index (χ0v) is 19.7. The van der Waals surface area contributed by atoms with Crippen LogP contribution in [0.15, 0.2) is 33.9 Å².